The third-order valence-electron chi connectivity index (χ3n) is 1.82. The number of allylic oxidation sites excluding steroid dienone is 4. The van der Waals surface area contributed by atoms with Crippen LogP contribution in [0.5, 0.6) is 0 Å². The Hall–Kier alpha value is -0.520. The molecule has 0 aromatic rings. The van der Waals surface area contributed by atoms with Crippen LogP contribution in [0.4, 0.5) is 0 Å². The second kappa shape index (κ2) is 5.28. The van der Waals surface area contributed by atoms with Crippen LogP contribution in [0, 0.1) is 0 Å². The fourth-order valence-corrected chi connectivity index (χ4v) is 1.18. The lowest BCUT2D eigenvalue weighted by Crippen LogP contribution is -1.50. The first kappa shape index (κ1) is 7.59. The molecule has 56 valence electrons. The Morgan fingerprint density at radius 3 is 0.900 bits per heavy atom. The van der Waals surface area contributed by atoms with Crippen LogP contribution >= 0.6 is 0 Å². The van der Waals surface area contributed by atoms with Gasteiger partial charge in [-0.25, -0.2) is 0 Å². The van der Waals surface area contributed by atoms with Gasteiger partial charge in [-0.1, -0.05) is 24.3 Å². The van der Waals surface area contributed by atoms with Crippen LogP contribution in [0.1, 0.15) is 38.5 Å². The van der Waals surface area contributed by atoms with Crippen molar-refractivity contribution in [2.24, 2.45) is 0 Å². The molecule has 10 heavy (non-hydrogen) atoms. The van der Waals surface area contributed by atoms with Crippen LogP contribution in [-0.4, -0.2) is 0 Å². The van der Waals surface area contributed by atoms with E-state index in [1.54, 1.807) is 0 Å². The summed E-state index contributed by atoms with van der Waals surface area (Å²) in [6.45, 7) is 0. The third kappa shape index (κ3) is 3.49. The fraction of sp³-hybridized carbons (Fsp3) is 0.600. The van der Waals surface area contributed by atoms with Crippen LogP contribution in [0.2, 0.25) is 0 Å². The minimum Gasteiger partial charge on any atom is -0.0885 e. The molecule has 0 atom stereocenters. The van der Waals surface area contributed by atoms with Crippen molar-refractivity contribution in [2.45, 2.75) is 38.5 Å². The van der Waals surface area contributed by atoms with Gasteiger partial charge in [0.1, 0.15) is 0 Å². The molecule has 0 nitrogen and oxygen atoms in total. The van der Waals surface area contributed by atoms with E-state index in [1.165, 1.54) is 38.5 Å². The summed E-state index contributed by atoms with van der Waals surface area (Å²) in [7, 11) is 0. The average Bonchev–Trinajstić information content (AvgIpc) is 2.67. The first-order valence-corrected chi connectivity index (χ1v) is 4.30. The molecule has 0 fully saturated rings. The van der Waals surface area contributed by atoms with Crippen molar-refractivity contribution in [3.8, 4) is 0 Å². The van der Waals surface area contributed by atoms with Gasteiger partial charge in [-0.15, -0.1) is 0 Å². The van der Waals surface area contributed by atoms with E-state index in [1.807, 2.05) is 0 Å². The number of hydrogen-bond donors (Lipinski definition) is 0. The summed E-state index contributed by atoms with van der Waals surface area (Å²) >= 11 is 0. The van der Waals surface area contributed by atoms with Gasteiger partial charge in [0.25, 0.3) is 0 Å². The summed E-state index contributed by atoms with van der Waals surface area (Å²) in [4.78, 5) is 0. The smallest absolute Gasteiger partial charge is 0.0348 e. The lowest BCUT2D eigenvalue weighted by atomic mass is 10.4. The summed E-state index contributed by atoms with van der Waals surface area (Å²) in [5.41, 5.74) is 0. The first-order chi connectivity index (χ1) is 5.00. The van der Waals surface area contributed by atoms with Gasteiger partial charge >= 0.3 is 0 Å². The van der Waals surface area contributed by atoms with E-state index in [0.29, 0.717) is 0 Å². The summed E-state index contributed by atoms with van der Waals surface area (Å²) in [5, 5.41) is 0. The molecule has 0 aliphatic heterocycles. The van der Waals surface area contributed by atoms with Crippen molar-refractivity contribution >= 4 is 0 Å². The molecule has 0 heteroatoms. The third-order valence-corrected chi connectivity index (χ3v) is 1.82. The normalized spacial score (nSPS) is 20.8. The molecule has 0 bridgehead atoms. The lowest BCUT2D eigenvalue weighted by molar-refractivity contribution is 0.929. The van der Waals surface area contributed by atoms with E-state index in [0.717, 1.165) is 0 Å². The summed E-state index contributed by atoms with van der Waals surface area (Å²) < 4.78 is 0. The second-order valence-electron chi connectivity index (χ2n) is 2.80. The molecule has 0 amide bonds. The zero-order valence-corrected chi connectivity index (χ0v) is 6.55. The quantitative estimate of drug-likeness (QED) is 0.447. The predicted molar refractivity (Wildman–Crippen MR) is 46.0 cm³/mol. The molecule has 0 spiro atoms. The van der Waals surface area contributed by atoms with Crippen molar-refractivity contribution in [1.29, 1.82) is 0 Å². The molecule has 0 saturated carbocycles. The van der Waals surface area contributed by atoms with Gasteiger partial charge < -0.3 is 0 Å². The topological polar surface area (TPSA) is 0 Å². The van der Waals surface area contributed by atoms with E-state index in [-0.39, 0.29) is 0 Å². The van der Waals surface area contributed by atoms with Crippen molar-refractivity contribution in [2.75, 3.05) is 0 Å². The van der Waals surface area contributed by atoms with Crippen LogP contribution in [0.3, 0.4) is 0 Å². The van der Waals surface area contributed by atoms with Gasteiger partial charge in [0.15, 0.2) is 0 Å². The highest BCUT2D eigenvalue weighted by molar-refractivity contribution is 4.88. The second-order valence-corrected chi connectivity index (χ2v) is 2.80. The highest BCUT2D eigenvalue weighted by Crippen LogP contribution is 2.05. The molecule has 0 radical (unpaired) electrons. The van der Waals surface area contributed by atoms with Gasteiger partial charge in [-0.05, 0) is 38.5 Å². The van der Waals surface area contributed by atoms with E-state index < -0.39 is 0 Å². The highest BCUT2D eigenvalue weighted by atomic mass is 13.9. The summed E-state index contributed by atoms with van der Waals surface area (Å²) in [5.74, 6) is 0. The van der Waals surface area contributed by atoms with Gasteiger partial charge in [0.05, 0.1) is 0 Å². The van der Waals surface area contributed by atoms with Crippen LogP contribution < -0.4 is 0 Å². The molecule has 0 N–H and O–H groups in total. The predicted octanol–water partition coefficient (Wildman–Crippen LogP) is 3.45. The van der Waals surface area contributed by atoms with Gasteiger partial charge in [-0.3, -0.25) is 0 Å². The molecule has 0 aromatic carbocycles. The van der Waals surface area contributed by atoms with Crippen LogP contribution in [0.15, 0.2) is 24.3 Å². The van der Waals surface area contributed by atoms with Gasteiger partial charge in [-0.2, -0.15) is 0 Å². The maximum Gasteiger partial charge on any atom is -0.0348 e. The van der Waals surface area contributed by atoms with Gasteiger partial charge in [0, 0.05) is 0 Å². The summed E-state index contributed by atoms with van der Waals surface area (Å²) in [6.07, 6.45) is 17.0. The first-order valence-electron chi connectivity index (χ1n) is 4.30. The van der Waals surface area contributed by atoms with Crippen LogP contribution in [-0.2, 0) is 0 Å². The van der Waals surface area contributed by atoms with E-state index in [9.17, 15) is 0 Å². The number of hydrogen-bond acceptors (Lipinski definition) is 0. The van der Waals surface area contributed by atoms with Crippen molar-refractivity contribution in [1.82, 2.24) is 0 Å². The average molecular weight is 136 g/mol. The SMILES string of the molecule is C1=CCCC1.C1=CCCC1. The van der Waals surface area contributed by atoms with Gasteiger partial charge in [0.2, 0.25) is 0 Å². The molecule has 2 aliphatic carbocycles. The molecule has 0 aromatic heterocycles. The van der Waals surface area contributed by atoms with Crippen molar-refractivity contribution in [3.63, 3.8) is 0 Å². The van der Waals surface area contributed by atoms with Crippen molar-refractivity contribution in [3.05, 3.63) is 24.3 Å². The fourth-order valence-electron chi connectivity index (χ4n) is 1.18. The standard InChI is InChI=1S/2C5H8/c2*1-2-4-5-3-1/h2*1-2H,3-5H2. The Bertz CT molecular complexity index is 92.0. The highest BCUT2D eigenvalue weighted by Gasteiger charge is 1.85. The zero-order chi connectivity index (χ0) is 7.07. The molecular weight excluding hydrogens is 120 g/mol. The number of rotatable bonds is 0. The molecule has 2 rings (SSSR count). The Morgan fingerprint density at radius 1 is 0.500 bits per heavy atom. The van der Waals surface area contributed by atoms with E-state index in [2.05, 4.69) is 24.3 Å². The summed E-state index contributed by atoms with van der Waals surface area (Å²) in [6, 6.07) is 0. The lowest BCUT2D eigenvalue weighted by Gasteiger charge is -1.69. The van der Waals surface area contributed by atoms with Crippen molar-refractivity contribution < 1.29 is 0 Å². The zero-order valence-electron chi connectivity index (χ0n) is 6.55. The maximum absolute atomic E-state index is 2.24. The molecule has 2 aliphatic rings. The Morgan fingerprint density at radius 2 is 0.800 bits per heavy atom. The largest absolute Gasteiger partial charge is 0.0885 e. The minimum absolute atomic E-state index is 1.32. The molecule has 0 unspecified atom stereocenters. The Labute approximate surface area is 63.6 Å². The Kier molecular flexibility index (Phi) is 4.00. The minimum atomic E-state index is 1.32. The maximum atomic E-state index is 2.24. The molecule has 0 saturated heterocycles. The Balaban J connectivity index is 0.0000001000. The van der Waals surface area contributed by atoms with E-state index in [4.69, 9.17) is 0 Å². The van der Waals surface area contributed by atoms with Crippen LogP contribution in [0.25, 0.3) is 0 Å². The van der Waals surface area contributed by atoms with E-state index >= 15 is 0 Å². The molecular formula is C10H16. The molecule has 0 heterocycles. The monoisotopic (exact) mass is 136 g/mol.